The summed E-state index contributed by atoms with van der Waals surface area (Å²) < 4.78 is 5.27. The summed E-state index contributed by atoms with van der Waals surface area (Å²) >= 11 is 2.34. The highest BCUT2D eigenvalue weighted by atomic mass is 127. The molecule has 0 bridgehead atoms. The van der Waals surface area contributed by atoms with Crippen LogP contribution in [0.5, 0.6) is 5.75 Å². The summed E-state index contributed by atoms with van der Waals surface area (Å²) in [4.78, 5) is 0. The summed E-state index contributed by atoms with van der Waals surface area (Å²) in [5, 5.41) is 10.1. The van der Waals surface area contributed by atoms with Crippen molar-refractivity contribution in [2.75, 3.05) is 7.11 Å². The first-order valence-electron chi connectivity index (χ1n) is 4.67. The van der Waals surface area contributed by atoms with Crippen molar-refractivity contribution in [3.8, 4) is 5.75 Å². The summed E-state index contributed by atoms with van der Waals surface area (Å²) in [6.45, 7) is 0. The Morgan fingerprint density at radius 3 is 2.64 bits per heavy atom. The van der Waals surface area contributed by atoms with E-state index in [4.69, 9.17) is 4.74 Å². The van der Waals surface area contributed by atoms with Crippen LogP contribution in [0.15, 0.2) is 24.3 Å². The second kappa shape index (κ2) is 3.70. The van der Waals surface area contributed by atoms with Gasteiger partial charge in [0.1, 0.15) is 5.75 Å². The van der Waals surface area contributed by atoms with Crippen molar-refractivity contribution in [1.29, 1.82) is 0 Å². The molecule has 0 amide bonds. The molecular formula is C11H13IO2. The summed E-state index contributed by atoms with van der Waals surface area (Å²) in [5.41, 5.74) is 0.905. The number of alkyl halides is 1. The molecule has 0 saturated heterocycles. The molecule has 76 valence electrons. The molecule has 1 fully saturated rings. The molecule has 1 atom stereocenters. The second-order valence-corrected chi connectivity index (χ2v) is 5.83. The van der Waals surface area contributed by atoms with Gasteiger partial charge in [0.25, 0.3) is 0 Å². The van der Waals surface area contributed by atoms with E-state index < -0.39 is 6.10 Å². The number of hydrogen-bond acceptors (Lipinski definition) is 2. The van der Waals surface area contributed by atoms with Crippen LogP contribution in [-0.4, -0.2) is 15.6 Å². The number of methoxy groups -OCH3 is 1. The zero-order valence-electron chi connectivity index (χ0n) is 8.03. The van der Waals surface area contributed by atoms with Gasteiger partial charge in [-0.2, -0.15) is 0 Å². The first-order chi connectivity index (χ1) is 6.67. The van der Waals surface area contributed by atoms with Crippen molar-refractivity contribution < 1.29 is 9.84 Å². The third-order valence-electron chi connectivity index (χ3n) is 2.65. The number of aliphatic hydroxyl groups excluding tert-OH is 1. The molecule has 1 aromatic carbocycles. The van der Waals surface area contributed by atoms with Gasteiger partial charge in [0.15, 0.2) is 0 Å². The number of benzene rings is 1. The van der Waals surface area contributed by atoms with Crippen LogP contribution < -0.4 is 4.74 Å². The predicted molar refractivity (Wildman–Crippen MR) is 63.9 cm³/mol. The monoisotopic (exact) mass is 304 g/mol. The van der Waals surface area contributed by atoms with Gasteiger partial charge in [-0.3, -0.25) is 0 Å². The van der Waals surface area contributed by atoms with Crippen LogP contribution in [0.4, 0.5) is 0 Å². The zero-order valence-corrected chi connectivity index (χ0v) is 10.2. The van der Waals surface area contributed by atoms with Gasteiger partial charge in [-0.15, -0.1) is 0 Å². The molecule has 1 aromatic rings. The average molecular weight is 304 g/mol. The number of aliphatic hydroxyl groups is 1. The lowest BCUT2D eigenvalue weighted by molar-refractivity contribution is 0.168. The number of ether oxygens (including phenoxy) is 1. The summed E-state index contributed by atoms with van der Waals surface area (Å²) in [5.74, 6) is 0.781. The lowest BCUT2D eigenvalue weighted by Gasteiger charge is -2.18. The fourth-order valence-electron chi connectivity index (χ4n) is 1.56. The fraction of sp³-hybridized carbons (Fsp3) is 0.455. The van der Waals surface area contributed by atoms with E-state index in [1.165, 1.54) is 0 Å². The number of halogens is 1. The van der Waals surface area contributed by atoms with Gasteiger partial charge in [0, 0.05) is 5.56 Å². The number of hydrogen-bond donors (Lipinski definition) is 1. The molecule has 0 aliphatic heterocycles. The molecule has 2 nitrogen and oxygen atoms in total. The first kappa shape index (κ1) is 10.2. The Morgan fingerprint density at radius 2 is 2.07 bits per heavy atom. The van der Waals surface area contributed by atoms with Gasteiger partial charge < -0.3 is 9.84 Å². The third kappa shape index (κ3) is 1.75. The lowest BCUT2D eigenvalue weighted by Crippen LogP contribution is -2.13. The minimum absolute atomic E-state index is 0.0480. The molecule has 1 saturated carbocycles. The summed E-state index contributed by atoms with van der Waals surface area (Å²) in [6.07, 6.45) is 1.78. The van der Waals surface area contributed by atoms with Crippen molar-refractivity contribution in [1.82, 2.24) is 0 Å². The smallest absolute Gasteiger partial charge is 0.124 e. The second-order valence-electron chi connectivity index (χ2n) is 3.68. The quantitative estimate of drug-likeness (QED) is 0.687. The summed E-state index contributed by atoms with van der Waals surface area (Å²) in [6, 6.07) is 7.68. The molecule has 3 heteroatoms. The van der Waals surface area contributed by atoms with E-state index in [0.29, 0.717) is 0 Å². The van der Waals surface area contributed by atoms with Crippen LogP contribution in [0.3, 0.4) is 0 Å². The molecule has 0 radical (unpaired) electrons. The minimum atomic E-state index is -0.403. The molecule has 1 aliphatic rings. The van der Waals surface area contributed by atoms with Crippen LogP contribution in [0.2, 0.25) is 0 Å². The molecule has 1 N–H and O–H groups in total. The highest BCUT2D eigenvalue weighted by Crippen LogP contribution is 2.54. The van der Waals surface area contributed by atoms with Crippen molar-refractivity contribution in [2.24, 2.45) is 0 Å². The van der Waals surface area contributed by atoms with Crippen LogP contribution in [0.25, 0.3) is 0 Å². The lowest BCUT2D eigenvalue weighted by atomic mass is 10.0. The molecule has 0 aromatic heterocycles. The SMILES string of the molecule is COc1ccccc1C(O)C1(I)CC1. The zero-order chi connectivity index (χ0) is 10.2. The molecular weight excluding hydrogens is 291 g/mol. The van der Waals surface area contributed by atoms with Gasteiger partial charge in [-0.1, -0.05) is 40.8 Å². The van der Waals surface area contributed by atoms with Crippen molar-refractivity contribution >= 4 is 22.6 Å². The Balaban J connectivity index is 2.30. The maximum absolute atomic E-state index is 10.1. The Labute approximate surface area is 97.4 Å². The fourth-order valence-corrected chi connectivity index (χ4v) is 2.17. The summed E-state index contributed by atoms with van der Waals surface area (Å²) in [7, 11) is 1.64. The van der Waals surface area contributed by atoms with E-state index in [0.717, 1.165) is 24.2 Å². The van der Waals surface area contributed by atoms with Gasteiger partial charge in [-0.05, 0) is 18.9 Å². The molecule has 0 spiro atoms. The van der Waals surface area contributed by atoms with Gasteiger partial charge >= 0.3 is 0 Å². The normalized spacial score (nSPS) is 20.2. The van der Waals surface area contributed by atoms with E-state index in [-0.39, 0.29) is 3.42 Å². The standard InChI is InChI=1S/C11H13IO2/c1-14-9-5-3-2-4-8(9)10(13)11(12)6-7-11/h2-5,10,13H,6-7H2,1H3. The Morgan fingerprint density at radius 1 is 1.43 bits per heavy atom. The van der Waals surface area contributed by atoms with E-state index in [1.54, 1.807) is 7.11 Å². The van der Waals surface area contributed by atoms with Gasteiger partial charge in [-0.25, -0.2) is 0 Å². The number of para-hydroxylation sites is 1. The van der Waals surface area contributed by atoms with Crippen molar-refractivity contribution in [2.45, 2.75) is 22.4 Å². The van der Waals surface area contributed by atoms with E-state index in [2.05, 4.69) is 22.6 Å². The maximum atomic E-state index is 10.1. The first-order valence-corrected chi connectivity index (χ1v) is 5.75. The maximum Gasteiger partial charge on any atom is 0.124 e. The van der Waals surface area contributed by atoms with E-state index in [9.17, 15) is 5.11 Å². The predicted octanol–water partition coefficient (Wildman–Crippen LogP) is 2.70. The minimum Gasteiger partial charge on any atom is -0.496 e. The highest BCUT2D eigenvalue weighted by Gasteiger charge is 2.47. The third-order valence-corrected chi connectivity index (χ3v) is 4.32. The van der Waals surface area contributed by atoms with Crippen LogP contribution in [-0.2, 0) is 0 Å². The largest absolute Gasteiger partial charge is 0.496 e. The average Bonchev–Trinajstić information content (AvgIpc) is 2.97. The Kier molecular flexibility index (Phi) is 2.70. The molecule has 2 rings (SSSR count). The molecule has 1 aliphatic carbocycles. The Hall–Kier alpha value is -0.290. The van der Waals surface area contributed by atoms with Crippen LogP contribution >= 0.6 is 22.6 Å². The number of rotatable bonds is 3. The van der Waals surface area contributed by atoms with Crippen LogP contribution in [0, 0.1) is 0 Å². The molecule has 14 heavy (non-hydrogen) atoms. The molecule has 1 unspecified atom stereocenters. The van der Waals surface area contributed by atoms with Crippen molar-refractivity contribution in [3.05, 3.63) is 29.8 Å². The van der Waals surface area contributed by atoms with E-state index >= 15 is 0 Å². The van der Waals surface area contributed by atoms with Gasteiger partial charge in [0.05, 0.1) is 16.6 Å². The van der Waals surface area contributed by atoms with Crippen LogP contribution in [0.1, 0.15) is 24.5 Å². The topological polar surface area (TPSA) is 29.5 Å². The van der Waals surface area contributed by atoms with Gasteiger partial charge in [0.2, 0.25) is 0 Å². The van der Waals surface area contributed by atoms with E-state index in [1.807, 2.05) is 24.3 Å². The van der Waals surface area contributed by atoms with Crippen molar-refractivity contribution in [3.63, 3.8) is 0 Å². The highest BCUT2D eigenvalue weighted by molar-refractivity contribution is 14.1. The molecule has 0 heterocycles. The Bertz CT molecular complexity index is 334.